The molecule has 0 saturated carbocycles. The Morgan fingerprint density at radius 2 is 2.15 bits per heavy atom. The predicted octanol–water partition coefficient (Wildman–Crippen LogP) is 2.86. The molecule has 2 unspecified atom stereocenters. The van der Waals surface area contributed by atoms with Crippen molar-refractivity contribution in [3.8, 4) is 0 Å². The lowest BCUT2D eigenvalue weighted by molar-refractivity contribution is 0.178. The van der Waals surface area contributed by atoms with E-state index in [1.807, 2.05) is 0 Å². The number of nitrogens with one attached hydrogen (secondary N) is 1. The Bertz CT molecular complexity index is 594. The zero-order valence-electron chi connectivity index (χ0n) is 11.4. The number of rotatable bonds is 3. The molecule has 1 aliphatic rings. The van der Waals surface area contributed by atoms with Gasteiger partial charge in [0.1, 0.15) is 0 Å². The van der Waals surface area contributed by atoms with Gasteiger partial charge in [-0.05, 0) is 67.5 Å². The Morgan fingerprint density at radius 3 is 2.75 bits per heavy atom. The fraction of sp³-hybridized carbons (Fsp3) is 0.538. The molecule has 0 aromatic heterocycles. The minimum atomic E-state index is -3.50. The maximum Gasteiger partial charge on any atom is 0.240 e. The maximum atomic E-state index is 12.4. The van der Waals surface area contributed by atoms with Crippen molar-refractivity contribution in [3.05, 3.63) is 27.7 Å². The molecule has 1 aliphatic heterocycles. The normalized spacial score (nSPS) is 24.8. The summed E-state index contributed by atoms with van der Waals surface area (Å²) in [5, 5.41) is 0.497. The molecule has 0 aliphatic carbocycles. The second kappa shape index (κ2) is 6.32. The van der Waals surface area contributed by atoms with Gasteiger partial charge in [-0.15, -0.1) is 0 Å². The molecule has 2 rings (SSSR count). The molecule has 1 fully saturated rings. The third kappa shape index (κ3) is 3.74. The molecule has 0 spiro atoms. The lowest BCUT2D eigenvalue weighted by Gasteiger charge is -2.35. The van der Waals surface area contributed by atoms with Gasteiger partial charge in [0, 0.05) is 16.6 Å². The minimum absolute atomic E-state index is 0.0133. The number of sulfonamides is 1. The number of piperidine rings is 1. The summed E-state index contributed by atoms with van der Waals surface area (Å²) in [6.07, 6.45) is 1.65. The third-order valence-electron chi connectivity index (χ3n) is 3.73. The zero-order valence-corrected chi connectivity index (χ0v) is 14.6. The zero-order chi connectivity index (χ0) is 14.9. The number of benzene rings is 1. The predicted molar refractivity (Wildman–Crippen MR) is 84.6 cm³/mol. The monoisotopic (exact) mass is 380 g/mol. The summed E-state index contributed by atoms with van der Waals surface area (Å²) in [5.74, 6) is 0. The molecular weight excluding hydrogens is 364 g/mol. The molecular formula is C13H18BrClN2O2S. The van der Waals surface area contributed by atoms with E-state index in [9.17, 15) is 8.42 Å². The van der Waals surface area contributed by atoms with Gasteiger partial charge < -0.3 is 4.90 Å². The molecule has 1 aromatic carbocycles. The molecule has 1 N–H and O–H groups in total. The fourth-order valence-electron chi connectivity index (χ4n) is 2.33. The van der Waals surface area contributed by atoms with Gasteiger partial charge >= 0.3 is 0 Å². The van der Waals surface area contributed by atoms with Crippen LogP contribution in [0.2, 0.25) is 5.02 Å². The highest BCUT2D eigenvalue weighted by Crippen LogP contribution is 2.26. The molecule has 0 amide bonds. The summed E-state index contributed by atoms with van der Waals surface area (Å²) in [7, 11) is -1.44. The van der Waals surface area contributed by atoms with E-state index in [1.165, 1.54) is 12.1 Å². The molecule has 20 heavy (non-hydrogen) atoms. The van der Waals surface area contributed by atoms with Gasteiger partial charge in [-0.2, -0.15) is 0 Å². The summed E-state index contributed by atoms with van der Waals surface area (Å²) in [6, 6.07) is 5.00. The molecule has 0 radical (unpaired) electrons. The van der Waals surface area contributed by atoms with Crippen molar-refractivity contribution in [1.82, 2.24) is 9.62 Å². The minimum Gasteiger partial charge on any atom is -0.304 e. The fourth-order valence-corrected chi connectivity index (χ4v) is 4.28. The van der Waals surface area contributed by atoms with Crippen LogP contribution in [0.25, 0.3) is 0 Å². The Morgan fingerprint density at radius 1 is 1.45 bits per heavy atom. The summed E-state index contributed by atoms with van der Waals surface area (Å²) in [5.41, 5.74) is 0. The number of nitrogens with zero attached hydrogens (tertiary/aromatic N) is 1. The van der Waals surface area contributed by atoms with Crippen molar-refractivity contribution >= 4 is 37.6 Å². The van der Waals surface area contributed by atoms with E-state index in [1.54, 1.807) is 6.07 Å². The van der Waals surface area contributed by atoms with Crippen LogP contribution in [-0.2, 0) is 10.0 Å². The van der Waals surface area contributed by atoms with E-state index >= 15 is 0 Å². The second-order valence-corrected chi connectivity index (χ2v) is 8.22. The number of hydrogen-bond donors (Lipinski definition) is 1. The summed E-state index contributed by atoms with van der Waals surface area (Å²) < 4.78 is 28.1. The van der Waals surface area contributed by atoms with Crippen LogP contribution in [0.5, 0.6) is 0 Å². The highest BCUT2D eigenvalue weighted by molar-refractivity contribution is 9.10. The van der Waals surface area contributed by atoms with Crippen LogP contribution in [0.3, 0.4) is 0 Å². The van der Waals surface area contributed by atoms with Crippen molar-refractivity contribution in [1.29, 1.82) is 0 Å². The van der Waals surface area contributed by atoms with Gasteiger partial charge in [0.15, 0.2) is 0 Å². The van der Waals surface area contributed by atoms with Gasteiger partial charge in [-0.1, -0.05) is 11.6 Å². The summed E-state index contributed by atoms with van der Waals surface area (Å²) >= 11 is 9.14. The van der Waals surface area contributed by atoms with Crippen LogP contribution in [0.1, 0.15) is 19.8 Å². The van der Waals surface area contributed by atoms with Crippen LogP contribution in [0.4, 0.5) is 0 Å². The topological polar surface area (TPSA) is 49.4 Å². The molecule has 112 valence electrons. The first-order chi connectivity index (χ1) is 9.29. The molecule has 4 nitrogen and oxygen atoms in total. The quantitative estimate of drug-likeness (QED) is 0.876. The second-order valence-electron chi connectivity index (χ2n) is 5.25. The van der Waals surface area contributed by atoms with Gasteiger partial charge in [0.25, 0.3) is 0 Å². The lowest BCUT2D eigenvalue weighted by Crippen LogP contribution is -2.47. The smallest absolute Gasteiger partial charge is 0.240 e. The van der Waals surface area contributed by atoms with Gasteiger partial charge in [-0.3, -0.25) is 0 Å². The third-order valence-corrected chi connectivity index (χ3v) is 6.46. The van der Waals surface area contributed by atoms with Crippen LogP contribution < -0.4 is 4.72 Å². The van der Waals surface area contributed by atoms with E-state index in [0.29, 0.717) is 15.5 Å². The first kappa shape index (κ1) is 16.2. The van der Waals surface area contributed by atoms with E-state index in [4.69, 9.17) is 11.6 Å². The Labute approximate surface area is 133 Å². The molecule has 7 heteroatoms. The molecule has 0 bridgehead atoms. The SMILES string of the molecule is CC1CC(NS(=O)(=O)c2ccc(Cl)c(Br)c2)CCN1C. The van der Waals surface area contributed by atoms with Crippen molar-refractivity contribution in [2.45, 2.75) is 36.7 Å². The van der Waals surface area contributed by atoms with Crippen molar-refractivity contribution in [2.75, 3.05) is 13.6 Å². The number of likely N-dealkylation sites (tertiary alicyclic amines) is 1. The summed E-state index contributed by atoms with van der Waals surface area (Å²) in [6.45, 7) is 3.01. The standard InChI is InChI=1S/C13H18BrClN2O2S/c1-9-7-10(5-6-17(9)2)16-20(18,19)11-3-4-13(15)12(14)8-11/h3-4,8-10,16H,5-7H2,1-2H3. The van der Waals surface area contributed by atoms with E-state index in [2.05, 4.69) is 39.5 Å². The van der Waals surface area contributed by atoms with Crippen molar-refractivity contribution in [2.24, 2.45) is 0 Å². The van der Waals surface area contributed by atoms with Crippen LogP contribution in [-0.4, -0.2) is 39.0 Å². The van der Waals surface area contributed by atoms with Crippen LogP contribution in [0.15, 0.2) is 27.6 Å². The average Bonchev–Trinajstić information content (AvgIpc) is 2.37. The summed E-state index contributed by atoms with van der Waals surface area (Å²) in [4.78, 5) is 2.48. The van der Waals surface area contributed by atoms with Crippen molar-refractivity contribution in [3.63, 3.8) is 0 Å². The molecule has 1 heterocycles. The maximum absolute atomic E-state index is 12.4. The highest BCUT2D eigenvalue weighted by atomic mass is 79.9. The van der Waals surface area contributed by atoms with Crippen molar-refractivity contribution < 1.29 is 8.42 Å². The van der Waals surface area contributed by atoms with E-state index < -0.39 is 10.0 Å². The van der Waals surface area contributed by atoms with Gasteiger partial charge in [0.05, 0.1) is 9.92 Å². The molecule has 1 saturated heterocycles. The largest absolute Gasteiger partial charge is 0.304 e. The first-order valence-electron chi connectivity index (χ1n) is 6.47. The molecule has 1 aromatic rings. The average molecular weight is 382 g/mol. The highest BCUT2D eigenvalue weighted by Gasteiger charge is 2.27. The van der Waals surface area contributed by atoms with Gasteiger partial charge in [0.2, 0.25) is 10.0 Å². The lowest BCUT2D eigenvalue weighted by atomic mass is 10.0. The van der Waals surface area contributed by atoms with E-state index in [-0.39, 0.29) is 10.9 Å². The molecule has 2 atom stereocenters. The Balaban J connectivity index is 2.13. The first-order valence-corrected chi connectivity index (χ1v) is 9.12. The van der Waals surface area contributed by atoms with E-state index in [0.717, 1.165) is 19.4 Å². The van der Waals surface area contributed by atoms with Crippen LogP contribution >= 0.6 is 27.5 Å². The Kier molecular flexibility index (Phi) is 5.13. The van der Waals surface area contributed by atoms with Gasteiger partial charge in [-0.25, -0.2) is 13.1 Å². The Hall–Kier alpha value is -0.140. The number of halogens is 2. The number of hydrogen-bond acceptors (Lipinski definition) is 3. The van der Waals surface area contributed by atoms with Crippen LogP contribution in [0, 0.1) is 0 Å².